The third-order valence-corrected chi connectivity index (χ3v) is 5.28. The van der Waals surface area contributed by atoms with E-state index in [1.165, 1.54) is 12.1 Å². The highest BCUT2D eigenvalue weighted by atomic mass is 19.1. The van der Waals surface area contributed by atoms with Crippen LogP contribution in [0.3, 0.4) is 0 Å². The number of carbonyl (C=O) groups excluding carboxylic acids is 1. The summed E-state index contributed by atoms with van der Waals surface area (Å²) in [5.74, 6) is -0.464. The molecule has 152 valence electrons. The van der Waals surface area contributed by atoms with Gasteiger partial charge in [-0.1, -0.05) is 0 Å². The largest absolute Gasteiger partial charge is 0.373 e. The molecule has 1 N–H and O–H groups in total. The van der Waals surface area contributed by atoms with E-state index in [4.69, 9.17) is 4.74 Å². The Morgan fingerprint density at radius 2 is 1.86 bits per heavy atom. The van der Waals surface area contributed by atoms with E-state index in [1.807, 2.05) is 6.92 Å². The number of nitrogens with one attached hydrogen (secondary N) is 1. The molecule has 0 unspecified atom stereocenters. The minimum atomic E-state index is -0.305. The first kappa shape index (κ1) is 20.5. The van der Waals surface area contributed by atoms with E-state index in [9.17, 15) is 9.18 Å². The molecule has 1 aromatic heterocycles. The standard InChI is InChI=1S/C21H29FN4O2/c1-14-11-25(12-15(2)28-14)21(4,5)13-23-20(27)19-10-24-26(16(19)3)18-8-6-17(22)7-9-18/h6-10,14-15H,11-13H2,1-5H3,(H,23,27)/t14-,15-/m0/s1. The summed E-state index contributed by atoms with van der Waals surface area (Å²) in [5, 5.41) is 7.34. The van der Waals surface area contributed by atoms with Gasteiger partial charge < -0.3 is 10.1 Å². The molecular formula is C21H29FN4O2. The van der Waals surface area contributed by atoms with Crippen LogP contribution in [0.4, 0.5) is 4.39 Å². The molecule has 0 aliphatic carbocycles. The van der Waals surface area contributed by atoms with Crippen LogP contribution in [0.15, 0.2) is 30.5 Å². The SMILES string of the molecule is Cc1c(C(=O)NCC(C)(C)N2C[C@H](C)O[C@@H](C)C2)cnn1-c1ccc(F)cc1. The van der Waals surface area contributed by atoms with Gasteiger partial charge in [0.05, 0.1) is 35.3 Å². The normalized spacial score (nSPS) is 20.9. The minimum Gasteiger partial charge on any atom is -0.373 e. The monoisotopic (exact) mass is 388 g/mol. The highest BCUT2D eigenvalue weighted by Gasteiger charge is 2.33. The zero-order valence-electron chi connectivity index (χ0n) is 17.2. The Labute approximate surface area is 165 Å². The van der Waals surface area contributed by atoms with Gasteiger partial charge in [-0.2, -0.15) is 5.10 Å². The molecule has 2 atom stereocenters. The first-order valence-corrected chi connectivity index (χ1v) is 9.66. The maximum absolute atomic E-state index is 13.1. The second-order valence-corrected chi connectivity index (χ2v) is 8.19. The smallest absolute Gasteiger partial charge is 0.254 e. The summed E-state index contributed by atoms with van der Waals surface area (Å²) in [5.41, 5.74) is 1.76. The van der Waals surface area contributed by atoms with Crippen LogP contribution in [-0.2, 0) is 4.74 Å². The van der Waals surface area contributed by atoms with Gasteiger partial charge in [-0.25, -0.2) is 9.07 Å². The van der Waals surface area contributed by atoms with Gasteiger partial charge >= 0.3 is 0 Å². The first-order chi connectivity index (χ1) is 13.2. The molecule has 0 radical (unpaired) electrons. The molecule has 1 fully saturated rings. The molecule has 3 rings (SSSR count). The molecule has 2 aromatic rings. The Morgan fingerprint density at radius 1 is 1.25 bits per heavy atom. The molecule has 1 aromatic carbocycles. The predicted octanol–water partition coefficient (Wildman–Crippen LogP) is 2.94. The lowest BCUT2D eigenvalue weighted by atomic mass is 10.00. The average molecular weight is 388 g/mol. The van der Waals surface area contributed by atoms with Crippen LogP contribution < -0.4 is 5.32 Å². The fourth-order valence-electron chi connectivity index (χ4n) is 3.65. The van der Waals surface area contributed by atoms with Gasteiger partial charge in [0.15, 0.2) is 0 Å². The molecule has 0 spiro atoms. The number of morpholine rings is 1. The van der Waals surface area contributed by atoms with E-state index >= 15 is 0 Å². The van der Waals surface area contributed by atoms with Crippen LogP contribution in [0, 0.1) is 12.7 Å². The molecule has 2 heterocycles. The maximum atomic E-state index is 13.1. The van der Waals surface area contributed by atoms with Crippen LogP contribution in [0.5, 0.6) is 0 Å². The van der Waals surface area contributed by atoms with Crippen LogP contribution in [-0.4, -0.2) is 58.0 Å². The number of carbonyl (C=O) groups is 1. The zero-order chi connectivity index (χ0) is 20.5. The molecule has 1 saturated heterocycles. The van der Waals surface area contributed by atoms with Gasteiger partial charge in [-0.05, 0) is 58.9 Å². The highest BCUT2D eigenvalue weighted by Crippen LogP contribution is 2.21. The number of rotatable bonds is 5. The molecule has 7 heteroatoms. The summed E-state index contributed by atoms with van der Waals surface area (Å²) >= 11 is 0. The van der Waals surface area contributed by atoms with Crippen molar-refractivity contribution in [1.29, 1.82) is 0 Å². The number of amides is 1. The average Bonchev–Trinajstić information content (AvgIpc) is 3.01. The Hall–Kier alpha value is -2.25. The number of nitrogens with zero attached hydrogens (tertiary/aromatic N) is 3. The second-order valence-electron chi connectivity index (χ2n) is 8.19. The zero-order valence-corrected chi connectivity index (χ0v) is 17.2. The summed E-state index contributed by atoms with van der Waals surface area (Å²) in [6.45, 7) is 12.5. The summed E-state index contributed by atoms with van der Waals surface area (Å²) in [6, 6.07) is 6.04. The van der Waals surface area contributed by atoms with Gasteiger partial charge in [0.2, 0.25) is 0 Å². The van der Waals surface area contributed by atoms with Crippen molar-refractivity contribution in [3.63, 3.8) is 0 Å². The first-order valence-electron chi connectivity index (χ1n) is 9.66. The predicted molar refractivity (Wildman–Crippen MR) is 106 cm³/mol. The highest BCUT2D eigenvalue weighted by molar-refractivity contribution is 5.95. The van der Waals surface area contributed by atoms with Crippen molar-refractivity contribution in [3.05, 3.63) is 47.5 Å². The van der Waals surface area contributed by atoms with E-state index < -0.39 is 0 Å². The van der Waals surface area contributed by atoms with Gasteiger partial charge in [-0.15, -0.1) is 0 Å². The summed E-state index contributed by atoms with van der Waals surface area (Å²) < 4.78 is 20.6. The lowest BCUT2D eigenvalue weighted by molar-refractivity contribution is -0.0948. The molecular weight excluding hydrogens is 359 g/mol. The van der Waals surface area contributed by atoms with Crippen molar-refractivity contribution < 1.29 is 13.9 Å². The van der Waals surface area contributed by atoms with Crippen molar-refractivity contribution in [1.82, 2.24) is 20.0 Å². The molecule has 1 aliphatic rings. The number of halogens is 1. The lowest BCUT2D eigenvalue weighted by Crippen LogP contribution is -2.58. The third kappa shape index (κ3) is 4.42. The molecule has 28 heavy (non-hydrogen) atoms. The van der Waals surface area contributed by atoms with Crippen molar-refractivity contribution >= 4 is 5.91 Å². The maximum Gasteiger partial charge on any atom is 0.254 e. The molecule has 0 saturated carbocycles. The number of aromatic nitrogens is 2. The Bertz CT molecular complexity index is 821. The number of hydrogen-bond donors (Lipinski definition) is 1. The molecule has 6 nitrogen and oxygen atoms in total. The minimum absolute atomic E-state index is 0.159. The van der Waals surface area contributed by atoms with E-state index in [0.29, 0.717) is 12.1 Å². The van der Waals surface area contributed by atoms with E-state index in [-0.39, 0.29) is 29.5 Å². The van der Waals surface area contributed by atoms with Crippen molar-refractivity contribution in [2.24, 2.45) is 0 Å². The van der Waals surface area contributed by atoms with Crippen LogP contribution in [0.25, 0.3) is 5.69 Å². The fraction of sp³-hybridized carbons (Fsp3) is 0.524. The summed E-state index contributed by atoms with van der Waals surface area (Å²) in [6.07, 6.45) is 1.91. The van der Waals surface area contributed by atoms with E-state index in [1.54, 1.807) is 23.0 Å². The van der Waals surface area contributed by atoms with Crippen molar-refractivity contribution in [2.45, 2.75) is 52.4 Å². The number of hydrogen-bond acceptors (Lipinski definition) is 4. The van der Waals surface area contributed by atoms with Gasteiger partial charge in [0, 0.05) is 25.2 Å². The van der Waals surface area contributed by atoms with Gasteiger partial charge in [0.1, 0.15) is 5.82 Å². The Kier molecular flexibility index (Phi) is 5.86. The third-order valence-electron chi connectivity index (χ3n) is 5.28. The number of benzene rings is 1. The fourth-order valence-corrected chi connectivity index (χ4v) is 3.65. The van der Waals surface area contributed by atoms with Crippen molar-refractivity contribution in [3.8, 4) is 5.69 Å². The second kappa shape index (κ2) is 8.01. The van der Waals surface area contributed by atoms with Crippen molar-refractivity contribution in [2.75, 3.05) is 19.6 Å². The Balaban J connectivity index is 1.67. The topological polar surface area (TPSA) is 59.4 Å². The number of ether oxygens (including phenoxy) is 1. The quantitative estimate of drug-likeness (QED) is 0.856. The van der Waals surface area contributed by atoms with Crippen LogP contribution >= 0.6 is 0 Å². The molecule has 1 aliphatic heterocycles. The van der Waals surface area contributed by atoms with Gasteiger partial charge in [-0.3, -0.25) is 9.69 Å². The van der Waals surface area contributed by atoms with E-state index in [0.717, 1.165) is 24.5 Å². The Morgan fingerprint density at radius 3 is 2.46 bits per heavy atom. The van der Waals surface area contributed by atoms with Crippen LogP contribution in [0.1, 0.15) is 43.7 Å². The summed E-state index contributed by atoms with van der Waals surface area (Å²) in [4.78, 5) is 15.1. The lowest BCUT2D eigenvalue weighted by Gasteiger charge is -2.45. The summed E-state index contributed by atoms with van der Waals surface area (Å²) in [7, 11) is 0. The molecule has 0 bridgehead atoms. The van der Waals surface area contributed by atoms with Gasteiger partial charge in [0.25, 0.3) is 5.91 Å². The van der Waals surface area contributed by atoms with E-state index in [2.05, 4.69) is 43.0 Å². The molecule has 1 amide bonds. The van der Waals surface area contributed by atoms with Crippen LogP contribution in [0.2, 0.25) is 0 Å².